The molecule has 18 heavy (non-hydrogen) atoms. The average molecular weight is 256 g/mol. The zero-order chi connectivity index (χ0) is 13.7. The van der Waals surface area contributed by atoms with Crippen molar-refractivity contribution in [3.05, 3.63) is 35.4 Å². The molecule has 0 heterocycles. The number of benzene rings is 1. The highest BCUT2D eigenvalue weighted by Gasteiger charge is 2.26. The number of aliphatic carboxylic acids is 1. The average Bonchev–Trinajstić information content (AvgIpc) is 2.32. The van der Waals surface area contributed by atoms with Crippen LogP contribution in [0.2, 0.25) is 0 Å². The van der Waals surface area contributed by atoms with E-state index in [1.54, 1.807) is 0 Å². The van der Waals surface area contributed by atoms with Crippen LogP contribution in [-0.2, 0) is 4.79 Å². The van der Waals surface area contributed by atoms with Crippen LogP contribution in [0.25, 0.3) is 0 Å². The summed E-state index contributed by atoms with van der Waals surface area (Å²) in [6, 6.07) is 3.21. The molecular formula is C14H18F2O2. The zero-order valence-corrected chi connectivity index (χ0v) is 10.6. The van der Waals surface area contributed by atoms with Gasteiger partial charge in [-0.15, -0.1) is 0 Å². The monoisotopic (exact) mass is 256 g/mol. The van der Waals surface area contributed by atoms with Gasteiger partial charge in [0.2, 0.25) is 0 Å². The molecule has 1 aromatic rings. The van der Waals surface area contributed by atoms with Crippen molar-refractivity contribution in [1.29, 1.82) is 0 Å². The van der Waals surface area contributed by atoms with Gasteiger partial charge >= 0.3 is 5.97 Å². The first kappa shape index (κ1) is 14.6. The molecule has 1 aromatic carbocycles. The van der Waals surface area contributed by atoms with Gasteiger partial charge in [-0.2, -0.15) is 0 Å². The van der Waals surface area contributed by atoms with Crippen LogP contribution in [-0.4, -0.2) is 11.1 Å². The van der Waals surface area contributed by atoms with Gasteiger partial charge in [-0.05, 0) is 29.7 Å². The third-order valence-electron chi connectivity index (χ3n) is 3.37. The van der Waals surface area contributed by atoms with E-state index in [1.807, 2.05) is 13.8 Å². The molecule has 0 saturated heterocycles. The van der Waals surface area contributed by atoms with E-state index < -0.39 is 23.5 Å². The second-order valence-corrected chi connectivity index (χ2v) is 4.45. The maximum atomic E-state index is 13.7. The quantitative estimate of drug-likeness (QED) is 0.836. The third kappa shape index (κ3) is 3.52. The van der Waals surface area contributed by atoms with Crippen LogP contribution in [0.3, 0.4) is 0 Å². The van der Waals surface area contributed by atoms with E-state index in [1.165, 1.54) is 0 Å². The van der Waals surface area contributed by atoms with E-state index >= 15 is 0 Å². The van der Waals surface area contributed by atoms with E-state index in [0.717, 1.165) is 31.0 Å². The molecule has 0 fully saturated rings. The predicted molar refractivity (Wildman–Crippen MR) is 65.4 cm³/mol. The van der Waals surface area contributed by atoms with E-state index in [9.17, 15) is 13.6 Å². The topological polar surface area (TPSA) is 37.3 Å². The molecule has 0 aliphatic heterocycles. The molecule has 0 bridgehead atoms. The summed E-state index contributed by atoms with van der Waals surface area (Å²) in [7, 11) is 0. The maximum absolute atomic E-state index is 13.7. The summed E-state index contributed by atoms with van der Waals surface area (Å²) in [5.74, 6) is -2.50. The van der Waals surface area contributed by atoms with Gasteiger partial charge in [0.15, 0.2) is 0 Å². The fraction of sp³-hybridized carbons (Fsp3) is 0.500. The van der Waals surface area contributed by atoms with Crippen molar-refractivity contribution < 1.29 is 18.7 Å². The lowest BCUT2D eigenvalue weighted by atomic mass is 9.80. The Morgan fingerprint density at radius 2 is 1.89 bits per heavy atom. The number of hydrogen-bond donors (Lipinski definition) is 1. The van der Waals surface area contributed by atoms with Crippen LogP contribution in [0, 0.1) is 17.6 Å². The van der Waals surface area contributed by atoms with Crippen LogP contribution < -0.4 is 0 Å². The molecule has 0 saturated carbocycles. The summed E-state index contributed by atoms with van der Waals surface area (Å²) in [6.07, 6.45) is 1.31. The van der Waals surface area contributed by atoms with Crippen LogP contribution in [0.1, 0.15) is 44.6 Å². The lowest BCUT2D eigenvalue weighted by Gasteiger charge is -2.24. The second kappa shape index (κ2) is 6.47. The Balaban J connectivity index is 3.15. The lowest BCUT2D eigenvalue weighted by molar-refractivity contribution is -0.137. The predicted octanol–water partition coefficient (Wildman–Crippen LogP) is 3.96. The molecule has 0 aromatic heterocycles. The standard InChI is InChI=1S/C14H18F2O2/c1-3-9(4-2)11(8-14(17)18)12-7-10(15)5-6-13(12)16/h5-7,9,11H,3-4,8H2,1-2H3,(H,17,18). The SMILES string of the molecule is CCC(CC)C(CC(=O)O)c1cc(F)ccc1F. The molecule has 1 atom stereocenters. The van der Waals surface area contributed by atoms with Crippen molar-refractivity contribution >= 4 is 5.97 Å². The largest absolute Gasteiger partial charge is 0.481 e. The molecular weight excluding hydrogens is 238 g/mol. The summed E-state index contributed by atoms with van der Waals surface area (Å²) in [5, 5.41) is 8.93. The summed E-state index contributed by atoms with van der Waals surface area (Å²) in [4.78, 5) is 10.9. The van der Waals surface area contributed by atoms with Gasteiger partial charge in [-0.3, -0.25) is 4.79 Å². The second-order valence-electron chi connectivity index (χ2n) is 4.45. The lowest BCUT2D eigenvalue weighted by Crippen LogP contribution is -2.17. The molecule has 0 amide bonds. The highest BCUT2D eigenvalue weighted by molar-refractivity contribution is 5.68. The van der Waals surface area contributed by atoms with E-state index in [2.05, 4.69) is 0 Å². The molecule has 1 N–H and O–H groups in total. The molecule has 0 radical (unpaired) electrons. The van der Waals surface area contributed by atoms with Crippen molar-refractivity contribution in [1.82, 2.24) is 0 Å². The first-order valence-corrected chi connectivity index (χ1v) is 6.16. The first-order chi connectivity index (χ1) is 8.49. The van der Waals surface area contributed by atoms with Gasteiger partial charge in [0.05, 0.1) is 6.42 Å². The van der Waals surface area contributed by atoms with E-state index in [-0.39, 0.29) is 17.9 Å². The Hall–Kier alpha value is -1.45. The number of halogens is 2. The van der Waals surface area contributed by atoms with Crippen molar-refractivity contribution in [3.8, 4) is 0 Å². The highest BCUT2D eigenvalue weighted by Crippen LogP contribution is 2.34. The first-order valence-electron chi connectivity index (χ1n) is 6.16. The minimum atomic E-state index is -0.990. The molecule has 1 unspecified atom stereocenters. The van der Waals surface area contributed by atoms with E-state index in [0.29, 0.717) is 0 Å². The summed E-state index contributed by atoms with van der Waals surface area (Å²) < 4.78 is 26.9. The van der Waals surface area contributed by atoms with Gasteiger partial charge in [-0.1, -0.05) is 26.7 Å². The molecule has 2 nitrogen and oxygen atoms in total. The Morgan fingerprint density at radius 1 is 1.28 bits per heavy atom. The normalized spacial score (nSPS) is 12.7. The maximum Gasteiger partial charge on any atom is 0.303 e. The van der Waals surface area contributed by atoms with Crippen molar-refractivity contribution in [2.24, 2.45) is 5.92 Å². The van der Waals surface area contributed by atoms with Gasteiger partial charge in [0.1, 0.15) is 11.6 Å². The Labute approximate surface area is 106 Å². The number of rotatable bonds is 6. The van der Waals surface area contributed by atoms with Crippen LogP contribution in [0.4, 0.5) is 8.78 Å². The molecule has 1 rings (SSSR count). The Bertz CT molecular complexity index is 414. The van der Waals surface area contributed by atoms with E-state index in [4.69, 9.17) is 5.11 Å². The van der Waals surface area contributed by atoms with Gasteiger partial charge < -0.3 is 5.11 Å². The number of carbonyl (C=O) groups is 1. The molecule has 4 heteroatoms. The number of carboxylic acid groups (broad SMARTS) is 1. The minimum Gasteiger partial charge on any atom is -0.481 e. The van der Waals surface area contributed by atoms with Crippen molar-refractivity contribution in [2.45, 2.75) is 39.0 Å². The van der Waals surface area contributed by atoms with Crippen LogP contribution in [0.15, 0.2) is 18.2 Å². The highest BCUT2D eigenvalue weighted by atomic mass is 19.1. The molecule has 0 aliphatic carbocycles. The summed E-state index contributed by atoms with van der Waals surface area (Å²) >= 11 is 0. The van der Waals surface area contributed by atoms with Crippen LogP contribution >= 0.6 is 0 Å². The smallest absolute Gasteiger partial charge is 0.303 e. The summed E-state index contributed by atoms with van der Waals surface area (Å²) in [5.41, 5.74) is 0.172. The van der Waals surface area contributed by atoms with Crippen molar-refractivity contribution in [2.75, 3.05) is 0 Å². The number of hydrogen-bond acceptors (Lipinski definition) is 1. The fourth-order valence-electron chi connectivity index (χ4n) is 2.38. The molecule has 100 valence electrons. The van der Waals surface area contributed by atoms with Crippen molar-refractivity contribution in [3.63, 3.8) is 0 Å². The number of carboxylic acids is 1. The third-order valence-corrected chi connectivity index (χ3v) is 3.37. The fourth-order valence-corrected chi connectivity index (χ4v) is 2.38. The zero-order valence-electron chi connectivity index (χ0n) is 10.6. The molecule has 0 aliphatic rings. The Kier molecular flexibility index (Phi) is 5.25. The van der Waals surface area contributed by atoms with Gasteiger partial charge in [-0.25, -0.2) is 8.78 Å². The molecule has 0 spiro atoms. The van der Waals surface area contributed by atoms with Gasteiger partial charge in [0.25, 0.3) is 0 Å². The Morgan fingerprint density at radius 3 is 2.39 bits per heavy atom. The van der Waals surface area contributed by atoms with Crippen LogP contribution in [0.5, 0.6) is 0 Å². The van der Waals surface area contributed by atoms with Gasteiger partial charge in [0, 0.05) is 5.92 Å². The minimum absolute atomic E-state index is 0.0393. The summed E-state index contributed by atoms with van der Waals surface area (Å²) in [6.45, 7) is 3.86.